The first-order valence-corrected chi connectivity index (χ1v) is 10.2. The minimum atomic E-state index is -1.35. The Morgan fingerprint density at radius 1 is 1.03 bits per heavy atom. The third kappa shape index (κ3) is 4.36. The molecule has 1 amide bonds. The quantitative estimate of drug-likeness (QED) is 0.575. The number of anilines is 1. The van der Waals surface area contributed by atoms with E-state index in [2.05, 4.69) is 4.99 Å². The first-order chi connectivity index (χ1) is 15.1. The number of ether oxygens (including phenoxy) is 1. The van der Waals surface area contributed by atoms with Gasteiger partial charge in [0.05, 0.1) is 29.4 Å². The summed E-state index contributed by atoms with van der Waals surface area (Å²) >= 11 is 1.23. The van der Waals surface area contributed by atoms with Crippen molar-refractivity contribution in [2.75, 3.05) is 12.0 Å². The Morgan fingerprint density at radius 3 is 2.35 bits per heavy atom. The van der Waals surface area contributed by atoms with Gasteiger partial charge in [0, 0.05) is 5.56 Å². The Kier molecular flexibility index (Phi) is 5.86. The number of thioether (sulfide) groups is 1. The molecule has 0 aromatic heterocycles. The number of amidine groups is 1. The molecule has 154 valence electrons. The molecule has 0 N–H and O–H groups in total. The predicted octanol–water partition coefficient (Wildman–Crippen LogP) is 3.87. The van der Waals surface area contributed by atoms with Crippen LogP contribution in [0.3, 0.4) is 0 Å². The number of benzene rings is 3. The maximum absolute atomic E-state index is 13.3. The molecule has 0 atom stereocenters. The summed E-state index contributed by atoms with van der Waals surface area (Å²) < 4.78 is 5.07. The van der Waals surface area contributed by atoms with Crippen molar-refractivity contribution in [2.45, 2.75) is 0 Å². The first-order valence-electron chi connectivity index (χ1n) is 9.39. The van der Waals surface area contributed by atoms with Crippen LogP contribution in [0.5, 0.6) is 5.75 Å². The van der Waals surface area contributed by atoms with Gasteiger partial charge in [0.25, 0.3) is 5.91 Å². The fourth-order valence-electron chi connectivity index (χ4n) is 3.09. The van der Waals surface area contributed by atoms with Crippen LogP contribution in [0.2, 0.25) is 0 Å². The van der Waals surface area contributed by atoms with Crippen LogP contribution >= 0.6 is 11.8 Å². The lowest BCUT2D eigenvalue weighted by molar-refractivity contribution is -0.255. The van der Waals surface area contributed by atoms with Gasteiger partial charge in [-0.1, -0.05) is 42.5 Å². The summed E-state index contributed by atoms with van der Waals surface area (Å²) in [5.74, 6) is -1.39. The lowest BCUT2D eigenvalue weighted by atomic mass is 10.1. The molecule has 0 saturated carbocycles. The summed E-state index contributed by atoms with van der Waals surface area (Å²) in [5, 5.41) is 11.9. The number of aromatic carboxylic acids is 1. The number of nitrogens with zero attached hydrogens (tertiary/aromatic N) is 2. The molecule has 1 aliphatic rings. The number of hydrogen-bond donors (Lipinski definition) is 0. The summed E-state index contributed by atoms with van der Waals surface area (Å²) in [7, 11) is 1.39. The molecule has 1 heterocycles. The third-order valence-corrected chi connectivity index (χ3v) is 5.51. The maximum atomic E-state index is 13.3. The zero-order valence-electron chi connectivity index (χ0n) is 16.5. The number of para-hydroxylation sites is 2. The van der Waals surface area contributed by atoms with Crippen molar-refractivity contribution >= 4 is 46.3 Å². The van der Waals surface area contributed by atoms with Gasteiger partial charge in [-0.25, -0.2) is 4.99 Å². The van der Waals surface area contributed by atoms with Gasteiger partial charge < -0.3 is 14.6 Å². The zero-order valence-corrected chi connectivity index (χ0v) is 17.3. The van der Waals surface area contributed by atoms with E-state index in [1.165, 1.54) is 31.0 Å². The molecule has 0 bridgehead atoms. The van der Waals surface area contributed by atoms with Crippen LogP contribution in [-0.2, 0) is 4.79 Å². The minimum Gasteiger partial charge on any atom is -0.545 e. The lowest BCUT2D eigenvalue weighted by Crippen LogP contribution is -2.28. The number of hydrogen-bond acceptors (Lipinski definition) is 6. The van der Waals surface area contributed by atoms with E-state index in [9.17, 15) is 14.7 Å². The van der Waals surface area contributed by atoms with Gasteiger partial charge in [-0.05, 0) is 59.8 Å². The number of carbonyl (C=O) groups excluding carboxylic acids is 2. The van der Waals surface area contributed by atoms with E-state index in [0.29, 0.717) is 21.3 Å². The SMILES string of the molecule is COc1ccc(/C=C2\SC(=Nc3ccccc3)N(c3ccccc3)C2=O)cc1C(=O)[O-]. The van der Waals surface area contributed by atoms with Crippen molar-refractivity contribution < 1.29 is 19.4 Å². The second-order valence-electron chi connectivity index (χ2n) is 6.56. The monoisotopic (exact) mass is 429 g/mol. The molecule has 3 aromatic carbocycles. The standard InChI is InChI=1S/C24H18N2O4S/c1-30-20-13-12-16(14-19(20)23(28)29)15-21-22(27)26(18-10-6-3-7-11-18)24(31-21)25-17-8-4-2-5-9-17/h2-15H,1H3,(H,28,29)/p-1/b21-15-,25-24?. The summed E-state index contributed by atoms with van der Waals surface area (Å²) in [5.41, 5.74) is 1.89. The van der Waals surface area contributed by atoms with Crippen LogP contribution in [0.1, 0.15) is 15.9 Å². The Morgan fingerprint density at radius 2 is 1.71 bits per heavy atom. The molecule has 31 heavy (non-hydrogen) atoms. The average Bonchev–Trinajstić information content (AvgIpc) is 3.09. The van der Waals surface area contributed by atoms with Crippen LogP contribution < -0.4 is 14.7 Å². The van der Waals surface area contributed by atoms with E-state index in [0.717, 1.165) is 5.69 Å². The van der Waals surface area contributed by atoms with Gasteiger partial charge in [-0.3, -0.25) is 9.69 Å². The minimum absolute atomic E-state index is 0.0783. The predicted molar refractivity (Wildman–Crippen MR) is 120 cm³/mol. The highest BCUT2D eigenvalue weighted by molar-refractivity contribution is 8.19. The summed E-state index contributed by atoms with van der Waals surface area (Å²) in [6.07, 6.45) is 1.64. The molecule has 3 aromatic rings. The summed E-state index contributed by atoms with van der Waals surface area (Å²) in [6.45, 7) is 0. The highest BCUT2D eigenvalue weighted by Gasteiger charge is 2.34. The van der Waals surface area contributed by atoms with Gasteiger partial charge in [-0.15, -0.1) is 0 Å². The van der Waals surface area contributed by atoms with Crippen molar-refractivity contribution in [3.8, 4) is 5.75 Å². The molecule has 1 aliphatic heterocycles. The Hall–Kier alpha value is -3.84. The van der Waals surface area contributed by atoms with Crippen LogP contribution in [0.4, 0.5) is 11.4 Å². The van der Waals surface area contributed by atoms with E-state index >= 15 is 0 Å². The Bertz CT molecular complexity index is 1190. The van der Waals surface area contributed by atoms with Gasteiger partial charge >= 0.3 is 0 Å². The maximum Gasteiger partial charge on any atom is 0.271 e. The number of methoxy groups -OCH3 is 1. The number of aliphatic imine (C=N–C) groups is 1. The average molecular weight is 429 g/mol. The van der Waals surface area contributed by atoms with Crippen LogP contribution in [0.15, 0.2) is 88.8 Å². The van der Waals surface area contributed by atoms with Crippen LogP contribution in [0.25, 0.3) is 6.08 Å². The molecule has 1 fully saturated rings. The molecule has 0 spiro atoms. The molecule has 4 rings (SSSR count). The fourth-order valence-corrected chi connectivity index (χ4v) is 4.09. The Balaban J connectivity index is 1.76. The van der Waals surface area contributed by atoms with Crippen LogP contribution in [0, 0.1) is 0 Å². The highest BCUT2D eigenvalue weighted by atomic mass is 32.2. The summed E-state index contributed by atoms with van der Waals surface area (Å²) in [6, 6.07) is 23.3. The molecular formula is C24H17N2O4S-. The van der Waals surface area contributed by atoms with Gasteiger partial charge in [0.2, 0.25) is 0 Å². The van der Waals surface area contributed by atoms with Crippen molar-refractivity contribution in [3.05, 3.63) is 94.9 Å². The second-order valence-corrected chi connectivity index (χ2v) is 7.57. The molecule has 7 heteroatoms. The van der Waals surface area contributed by atoms with E-state index in [1.807, 2.05) is 60.7 Å². The number of carboxylic acids is 1. The number of carbonyl (C=O) groups is 2. The van der Waals surface area contributed by atoms with E-state index in [-0.39, 0.29) is 17.2 Å². The van der Waals surface area contributed by atoms with Crippen molar-refractivity contribution in [1.29, 1.82) is 0 Å². The normalized spacial score (nSPS) is 16.2. The number of carboxylic acid groups (broad SMARTS) is 1. The number of rotatable bonds is 5. The van der Waals surface area contributed by atoms with Crippen molar-refractivity contribution in [2.24, 2.45) is 4.99 Å². The third-order valence-electron chi connectivity index (χ3n) is 4.54. The fraction of sp³-hybridized carbons (Fsp3) is 0.0417. The second kappa shape index (κ2) is 8.89. The topological polar surface area (TPSA) is 82.0 Å². The van der Waals surface area contributed by atoms with E-state index < -0.39 is 5.97 Å². The molecule has 0 aliphatic carbocycles. The van der Waals surface area contributed by atoms with Gasteiger partial charge in [0.15, 0.2) is 5.17 Å². The van der Waals surface area contributed by atoms with Crippen molar-refractivity contribution in [1.82, 2.24) is 0 Å². The molecule has 6 nitrogen and oxygen atoms in total. The van der Waals surface area contributed by atoms with Gasteiger partial charge in [-0.2, -0.15) is 0 Å². The van der Waals surface area contributed by atoms with E-state index in [1.54, 1.807) is 17.0 Å². The lowest BCUT2D eigenvalue weighted by Gasteiger charge is -2.15. The summed E-state index contributed by atoms with van der Waals surface area (Å²) in [4.78, 5) is 31.3. The van der Waals surface area contributed by atoms with Crippen LogP contribution in [-0.4, -0.2) is 24.2 Å². The Labute approximate surface area is 183 Å². The molecule has 0 radical (unpaired) electrons. The first kappa shape index (κ1) is 20.4. The number of amides is 1. The highest BCUT2D eigenvalue weighted by Crippen LogP contribution is 2.37. The van der Waals surface area contributed by atoms with E-state index in [4.69, 9.17) is 4.74 Å². The largest absolute Gasteiger partial charge is 0.545 e. The molecule has 0 unspecified atom stereocenters. The smallest absolute Gasteiger partial charge is 0.271 e. The van der Waals surface area contributed by atoms with Crippen molar-refractivity contribution in [3.63, 3.8) is 0 Å². The zero-order chi connectivity index (χ0) is 21.8. The van der Waals surface area contributed by atoms with Gasteiger partial charge in [0.1, 0.15) is 5.75 Å². The molecular weight excluding hydrogens is 412 g/mol. The molecule has 1 saturated heterocycles.